The Morgan fingerprint density at radius 2 is 1.95 bits per heavy atom. The number of thiophene rings is 1. The number of pyridine rings is 1. The fourth-order valence-electron chi connectivity index (χ4n) is 5.12. The molecule has 3 aromatic heterocycles. The van der Waals surface area contributed by atoms with Crippen molar-refractivity contribution in [2.45, 2.75) is 38.6 Å². The van der Waals surface area contributed by atoms with Crippen molar-refractivity contribution in [2.24, 2.45) is 13.0 Å². The van der Waals surface area contributed by atoms with Crippen molar-refractivity contribution in [1.29, 1.82) is 0 Å². The Hall–Kier alpha value is -3.76. The minimum Gasteiger partial charge on any atom is -0.487 e. The molecule has 1 saturated carbocycles. The Morgan fingerprint density at radius 1 is 1.15 bits per heavy atom. The highest BCUT2D eigenvalue weighted by atomic mass is 32.1. The van der Waals surface area contributed by atoms with E-state index in [0.717, 1.165) is 55.6 Å². The smallest absolute Gasteiger partial charge is 0.293 e. The molecule has 4 heterocycles. The summed E-state index contributed by atoms with van der Waals surface area (Å²) >= 11 is 1.56. The highest BCUT2D eigenvalue weighted by Gasteiger charge is 2.26. The van der Waals surface area contributed by atoms with Crippen LogP contribution in [-0.4, -0.2) is 58.1 Å². The van der Waals surface area contributed by atoms with Gasteiger partial charge < -0.3 is 24.8 Å². The number of nitrogens with one attached hydrogen (secondary N) is 2. The standard InChI is InChI=1S/C30H34N6O3S/c1-18-14-20(28(37)32-22-8-11-35(2)12-9-22)6-7-23(18)33-30-31-15-24-26(34-30)25(21-10-13-40-17-21)27(29(38)36(24)3)39-16-19-4-5-19/h6-7,10,13-15,17,19,22H,4-5,8-9,11-12,16H2,1-3H3,(H,32,37)(H,31,33,34). The first-order valence-electron chi connectivity index (χ1n) is 13.8. The Labute approximate surface area is 237 Å². The van der Waals surface area contributed by atoms with Crippen LogP contribution in [0.2, 0.25) is 0 Å². The summed E-state index contributed by atoms with van der Waals surface area (Å²) in [6, 6.07) is 7.79. The monoisotopic (exact) mass is 558 g/mol. The number of anilines is 2. The Bertz CT molecular complexity index is 1600. The van der Waals surface area contributed by atoms with E-state index in [2.05, 4.69) is 27.6 Å². The molecule has 0 atom stereocenters. The number of carbonyl (C=O) groups is 1. The first-order chi connectivity index (χ1) is 19.4. The summed E-state index contributed by atoms with van der Waals surface area (Å²) in [5.74, 6) is 1.20. The van der Waals surface area contributed by atoms with Gasteiger partial charge in [-0.15, -0.1) is 0 Å². The number of benzene rings is 1. The molecule has 0 radical (unpaired) electrons. The van der Waals surface area contributed by atoms with Crippen LogP contribution in [-0.2, 0) is 7.05 Å². The second-order valence-electron chi connectivity index (χ2n) is 11.0. The Balaban J connectivity index is 1.29. The number of aryl methyl sites for hydroxylation is 2. The maximum Gasteiger partial charge on any atom is 0.293 e. The molecule has 1 aromatic carbocycles. The van der Waals surface area contributed by atoms with Crippen molar-refractivity contribution in [1.82, 2.24) is 24.8 Å². The molecule has 40 heavy (non-hydrogen) atoms. The van der Waals surface area contributed by atoms with E-state index in [9.17, 15) is 9.59 Å². The number of piperidine rings is 1. The van der Waals surface area contributed by atoms with Gasteiger partial charge in [-0.25, -0.2) is 9.97 Å². The molecule has 10 heteroatoms. The van der Waals surface area contributed by atoms with Gasteiger partial charge in [0.1, 0.15) is 5.52 Å². The van der Waals surface area contributed by atoms with Gasteiger partial charge in [0, 0.05) is 24.3 Å². The number of fused-ring (bicyclic) bond motifs is 1. The number of hydrogen-bond donors (Lipinski definition) is 2. The van der Waals surface area contributed by atoms with Crippen LogP contribution >= 0.6 is 11.3 Å². The molecule has 0 spiro atoms. The molecule has 2 N–H and O–H groups in total. The number of hydrogen-bond acceptors (Lipinski definition) is 8. The van der Waals surface area contributed by atoms with E-state index < -0.39 is 0 Å². The number of ether oxygens (including phenoxy) is 1. The number of nitrogens with zero attached hydrogens (tertiary/aromatic N) is 4. The average Bonchev–Trinajstić information content (AvgIpc) is 3.63. The molecule has 9 nitrogen and oxygen atoms in total. The van der Waals surface area contributed by atoms with Crippen molar-refractivity contribution in [3.05, 3.63) is 62.7 Å². The molecule has 0 unspecified atom stereocenters. The number of likely N-dealkylation sites (tertiary alicyclic amines) is 1. The van der Waals surface area contributed by atoms with Crippen LogP contribution in [0.25, 0.3) is 22.2 Å². The van der Waals surface area contributed by atoms with Gasteiger partial charge in [0.15, 0.2) is 5.75 Å². The first kappa shape index (κ1) is 26.5. The SMILES string of the molecule is Cc1cc(C(=O)NC2CCN(C)CC2)ccc1Nc1ncc2c(n1)c(-c1ccsc1)c(OCC1CC1)c(=O)n2C. The first-order valence-corrected chi connectivity index (χ1v) is 14.7. The molecule has 6 rings (SSSR count). The highest BCUT2D eigenvalue weighted by Crippen LogP contribution is 2.37. The molecular weight excluding hydrogens is 524 g/mol. The van der Waals surface area contributed by atoms with Crippen LogP contribution in [0.15, 0.2) is 46.0 Å². The van der Waals surface area contributed by atoms with Gasteiger partial charge in [-0.3, -0.25) is 9.59 Å². The van der Waals surface area contributed by atoms with E-state index in [-0.39, 0.29) is 17.5 Å². The Morgan fingerprint density at radius 3 is 2.65 bits per heavy atom. The summed E-state index contributed by atoms with van der Waals surface area (Å²) in [5, 5.41) is 10.5. The topological polar surface area (TPSA) is 101 Å². The van der Waals surface area contributed by atoms with Crippen LogP contribution in [0.5, 0.6) is 5.75 Å². The third kappa shape index (κ3) is 5.46. The highest BCUT2D eigenvalue weighted by molar-refractivity contribution is 7.08. The molecule has 1 aliphatic carbocycles. The molecule has 1 amide bonds. The van der Waals surface area contributed by atoms with Gasteiger partial charge in [0.2, 0.25) is 5.95 Å². The molecule has 1 aliphatic heterocycles. The van der Waals surface area contributed by atoms with Crippen LogP contribution < -0.4 is 20.9 Å². The predicted octanol–water partition coefficient (Wildman–Crippen LogP) is 4.72. The molecule has 2 fully saturated rings. The molecule has 1 saturated heterocycles. The summed E-state index contributed by atoms with van der Waals surface area (Å²) in [5.41, 5.74) is 5.04. The van der Waals surface area contributed by atoms with Gasteiger partial charge in [0.25, 0.3) is 11.5 Å². The van der Waals surface area contributed by atoms with E-state index in [4.69, 9.17) is 9.72 Å². The van der Waals surface area contributed by atoms with Crippen molar-refractivity contribution in [2.75, 3.05) is 32.1 Å². The largest absolute Gasteiger partial charge is 0.487 e. The average molecular weight is 559 g/mol. The van der Waals surface area contributed by atoms with Gasteiger partial charge in [-0.05, 0) is 105 Å². The minimum absolute atomic E-state index is 0.0498. The molecular formula is C30H34N6O3S. The van der Waals surface area contributed by atoms with Gasteiger partial charge in [-0.1, -0.05) is 0 Å². The third-order valence-electron chi connectivity index (χ3n) is 7.85. The molecule has 2 aliphatic rings. The van der Waals surface area contributed by atoms with Crippen molar-refractivity contribution in [3.63, 3.8) is 0 Å². The lowest BCUT2D eigenvalue weighted by atomic mass is 10.0. The molecule has 4 aromatic rings. The fourth-order valence-corrected chi connectivity index (χ4v) is 5.77. The van der Waals surface area contributed by atoms with Crippen molar-refractivity contribution < 1.29 is 9.53 Å². The summed E-state index contributed by atoms with van der Waals surface area (Å²) in [6.07, 6.45) is 5.87. The molecule has 0 bridgehead atoms. The van der Waals surface area contributed by atoms with E-state index in [1.807, 2.05) is 41.9 Å². The van der Waals surface area contributed by atoms with Gasteiger partial charge >= 0.3 is 0 Å². The van der Waals surface area contributed by atoms with Crippen LogP contribution in [0.1, 0.15) is 41.6 Å². The lowest BCUT2D eigenvalue weighted by Crippen LogP contribution is -2.43. The number of aromatic nitrogens is 3. The minimum atomic E-state index is -0.191. The summed E-state index contributed by atoms with van der Waals surface area (Å²) < 4.78 is 7.68. The van der Waals surface area contributed by atoms with Crippen LogP contribution in [0.4, 0.5) is 11.6 Å². The quantitative estimate of drug-likeness (QED) is 0.323. The summed E-state index contributed by atoms with van der Waals surface area (Å²) in [6.45, 7) is 4.48. The van der Waals surface area contributed by atoms with Crippen molar-refractivity contribution in [3.8, 4) is 16.9 Å². The zero-order valence-corrected chi connectivity index (χ0v) is 23.9. The summed E-state index contributed by atoms with van der Waals surface area (Å²) in [7, 11) is 3.83. The number of carbonyl (C=O) groups excluding carboxylic acids is 1. The maximum atomic E-state index is 13.3. The predicted molar refractivity (Wildman–Crippen MR) is 159 cm³/mol. The molecule has 208 valence electrons. The van der Waals surface area contributed by atoms with Gasteiger partial charge in [0.05, 0.1) is 23.9 Å². The van der Waals surface area contributed by atoms with E-state index in [0.29, 0.717) is 46.4 Å². The Kier molecular flexibility index (Phi) is 7.29. The number of rotatable bonds is 8. The second-order valence-corrected chi connectivity index (χ2v) is 11.7. The van der Waals surface area contributed by atoms with E-state index >= 15 is 0 Å². The zero-order valence-electron chi connectivity index (χ0n) is 23.1. The number of amides is 1. The third-order valence-corrected chi connectivity index (χ3v) is 8.54. The summed E-state index contributed by atoms with van der Waals surface area (Å²) in [4.78, 5) is 37.9. The zero-order chi connectivity index (χ0) is 27.8. The van der Waals surface area contributed by atoms with E-state index in [1.165, 1.54) is 0 Å². The lowest BCUT2D eigenvalue weighted by Gasteiger charge is -2.29. The van der Waals surface area contributed by atoms with Crippen molar-refractivity contribution >= 4 is 39.9 Å². The fraction of sp³-hybridized carbons (Fsp3) is 0.400. The van der Waals surface area contributed by atoms with Crippen LogP contribution in [0, 0.1) is 12.8 Å². The van der Waals surface area contributed by atoms with Gasteiger partial charge in [-0.2, -0.15) is 11.3 Å². The maximum absolute atomic E-state index is 13.3. The van der Waals surface area contributed by atoms with Crippen LogP contribution in [0.3, 0.4) is 0 Å². The normalized spacial score (nSPS) is 16.3. The lowest BCUT2D eigenvalue weighted by molar-refractivity contribution is 0.0917. The van der Waals surface area contributed by atoms with E-state index in [1.54, 1.807) is 29.1 Å². The second kappa shape index (κ2) is 11.0.